The summed E-state index contributed by atoms with van der Waals surface area (Å²) in [7, 11) is -3.33. The molecule has 1 aromatic rings. The minimum Gasteiger partial charge on any atom is -0.207 e. The van der Waals surface area contributed by atoms with Gasteiger partial charge in [-0.1, -0.05) is 23.8 Å². The number of nitrogens with zero attached hydrogens (tertiary/aromatic N) is 1. The minimum absolute atomic E-state index is 0.0313. The summed E-state index contributed by atoms with van der Waals surface area (Å²) in [5.41, 5.74) is 1.05. The average Bonchev–Trinajstić information content (AvgIpc) is 2.90. The molecule has 86 valence electrons. The summed E-state index contributed by atoms with van der Waals surface area (Å²) >= 11 is 0. The minimum atomic E-state index is -3.33. The van der Waals surface area contributed by atoms with Gasteiger partial charge < -0.3 is 0 Å². The Hall–Kier alpha value is -1.13. The van der Waals surface area contributed by atoms with Crippen molar-refractivity contribution in [1.29, 1.82) is 0 Å². The second-order valence-corrected chi connectivity index (χ2v) is 5.96. The summed E-state index contributed by atoms with van der Waals surface area (Å²) in [6.45, 7) is 7.46. The van der Waals surface area contributed by atoms with Crippen LogP contribution in [0.5, 0.6) is 0 Å². The van der Waals surface area contributed by atoms with Gasteiger partial charge in [-0.25, -0.2) is 8.42 Å². The van der Waals surface area contributed by atoms with E-state index in [1.807, 2.05) is 26.0 Å². The van der Waals surface area contributed by atoms with Crippen molar-refractivity contribution in [3.8, 4) is 0 Å². The maximum Gasteiger partial charge on any atom is 0.243 e. The molecular formula is C12H15NO2S. The molecule has 1 fully saturated rings. The third kappa shape index (κ3) is 1.68. The molecule has 1 aliphatic heterocycles. The van der Waals surface area contributed by atoms with Gasteiger partial charge in [0.15, 0.2) is 0 Å². The molecule has 16 heavy (non-hydrogen) atoms. The lowest BCUT2D eigenvalue weighted by molar-refractivity contribution is 0.552. The summed E-state index contributed by atoms with van der Waals surface area (Å²) in [6, 6.07) is 6.90. The maximum absolute atomic E-state index is 12.2. The zero-order chi connectivity index (χ0) is 11.9. The Morgan fingerprint density at radius 2 is 1.88 bits per heavy atom. The first-order chi connectivity index (χ1) is 7.48. The SMILES string of the molecule is C=C[C@@H]1[C@H](C)N1S(=O)(=O)c1ccc(C)cc1. The Kier molecular flexibility index (Phi) is 2.64. The van der Waals surface area contributed by atoms with E-state index in [4.69, 9.17) is 0 Å². The summed E-state index contributed by atoms with van der Waals surface area (Å²) in [4.78, 5) is 0.356. The highest BCUT2D eigenvalue weighted by atomic mass is 32.2. The van der Waals surface area contributed by atoms with E-state index in [1.54, 1.807) is 18.2 Å². The summed E-state index contributed by atoms with van der Waals surface area (Å²) in [5, 5.41) is 0. The second-order valence-electron chi connectivity index (χ2n) is 4.11. The van der Waals surface area contributed by atoms with E-state index in [0.717, 1.165) is 5.56 Å². The van der Waals surface area contributed by atoms with E-state index < -0.39 is 10.0 Å². The van der Waals surface area contributed by atoms with E-state index in [2.05, 4.69) is 6.58 Å². The van der Waals surface area contributed by atoms with E-state index in [9.17, 15) is 8.42 Å². The molecule has 1 heterocycles. The lowest BCUT2D eigenvalue weighted by Crippen LogP contribution is -2.15. The predicted octanol–water partition coefficient (Wildman–Crippen LogP) is 1.94. The molecule has 1 unspecified atom stereocenters. The normalized spacial score (nSPS) is 28.8. The molecule has 0 saturated carbocycles. The van der Waals surface area contributed by atoms with Crippen molar-refractivity contribution in [2.24, 2.45) is 0 Å². The van der Waals surface area contributed by atoms with Crippen LogP contribution in [0.4, 0.5) is 0 Å². The number of rotatable bonds is 3. The first-order valence-corrected chi connectivity index (χ1v) is 6.65. The predicted molar refractivity (Wildman–Crippen MR) is 63.7 cm³/mol. The van der Waals surface area contributed by atoms with Crippen LogP contribution >= 0.6 is 0 Å². The fourth-order valence-electron chi connectivity index (χ4n) is 1.86. The molecule has 1 saturated heterocycles. The molecule has 0 spiro atoms. The topological polar surface area (TPSA) is 37.1 Å². The molecule has 0 radical (unpaired) electrons. The van der Waals surface area contributed by atoms with Crippen LogP contribution in [0.25, 0.3) is 0 Å². The van der Waals surface area contributed by atoms with Crippen LogP contribution < -0.4 is 0 Å². The standard InChI is InChI=1S/C12H15NO2S/c1-4-12-10(3)13(12)16(14,15)11-7-5-9(2)6-8-11/h4-8,10,12H,1H2,2-3H3/t10-,12+,13?/m0/s1. The average molecular weight is 237 g/mol. The van der Waals surface area contributed by atoms with Crippen LogP contribution in [0, 0.1) is 6.92 Å². The molecule has 0 aromatic heterocycles. The summed E-state index contributed by atoms with van der Waals surface area (Å²) in [6.07, 6.45) is 1.68. The van der Waals surface area contributed by atoms with Gasteiger partial charge in [-0.05, 0) is 26.0 Å². The quantitative estimate of drug-likeness (QED) is 0.595. The van der Waals surface area contributed by atoms with Gasteiger partial charge in [0, 0.05) is 6.04 Å². The Morgan fingerprint density at radius 3 is 2.31 bits per heavy atom. The molecule has 1 aliphatic rings. The fraction of sp³-hybridized carbons (Fsp3) is 0.333. The van der Waals surface area contributed by atoms with Crippen LogP contribution in [0.3, 0.4) is 0 Å². The third-order valence-electron chi connectivity index (χ3n) is 2.94. The number of hydrogen-bond donors (Lipinski definition) is 0. The lowest BCUT2D eigenvalue weighted by Gasteiger charge is -2.05. The molecule has 0 N–H and O–H groups in total. The summed E-state index contributed by atoms with van der Waals surface area (Å²) < 4.78 is 25.8. The third-order valence-corrected chi connectivity index (χ3v) is 4.94. The van der Waals surface area contributed by atoms with Gasteiger partial charge >= 0.3 is 0 Å². The van der Waals surface area contributed by atoms with E-state index in [0.29, 0.717) is 4.90 Å². The molecule has 0 amide bonds. The Morgan fingerprint density at radius 1 is 1.31 bits per heavy atom. The molecule has 2 rings (SSSR count). The Bertz CT molecular complexity index is 504. The van der Waals surface area contributed by atoms with Crippen molar-refractivity contribution in [3.63, 3.8) is 0 Å². The first kappa shape index (κ1) is 11.4. The van der Waals surface area contributed by atoms with Gasteiger partial charge in [-0.15, -0.1) is 6.58 Å². The zero-order valence-electron chi connectivity index (χ0n) is 9.42. The van der Waals surface area contributed by atoms with Crippen LogP contribution in [-0.4, -0.2) is 24.8 Å². The highest BCUT2D eigenvalue weighted by Gasteiger charge is 2.50. The van der Waals surface area contributed by atoms with Crippen molar-refractivity contribution < 1.29 is 8.42 Å². The van der Waals surface area contributed by atoms with Crippen LogP contribution in [-0.2, 0) is 10.0 Å². The molecule has 0 bridgehead atoms. The van der Waals surface area contributed by atoms with Gasteiger partial charge in [-0.3, -0.25) is 0 Å². The van der Waals surface area contributed by atoms with E-state index in [-0.39, 0.29) is 12.1 Å². The monoisotopic (exact) mass is 237 g/mol. The number of aryl methyl sites for hydroxylation is 1. The van der Waals surface area contributed by atoms with Gasteiger partial charge in [0.05, 0.1) is 10.9 Å². The zero-order valence-corrected chi connectivity index (χ0v) is 10.2. The molecular weight excluding hydrogens is 222 g/mol. The smallest absolute Gasteiger partial charge is 0.207 e. The molecule has 3 atom stereocenters. The first-order valence-electron chi connectivity index (χ1n) is 5.21. The molecule has 0 aliphatic carbocycles. The van der Waals surface area contributed by atoms with Crippen molar-refractivity contribution >= 4 is 10.0 Å². The Labute approximate surface area is 96.4 Å². The largest absolute Gasteiger partial charge is 0.243 e. The summed E-state index contributed by atoms with van der Waals surface area (Å²) in [5.74, 6) is 0. The van der Waals surface area contributed by atoms with Gasteiger partial charge in [0.1, 0.15) is 0 Å². The van der Waals surface area contributed by atoms with Crippen molar-refractivity contribution in [1.82, 2.24) is 4.31 Å². The van der Waals surface area contributed by atoms with Gasteiger partial charge in [-0.2, -0.15) is 4.31 Å². The van der Waals surface area contributed by atoms with Crippen LogP contribution in [0.1, 0.15) is 12.5 Å². The fourth-order valence-corrected chi connectivity index (χ4v) is 3.67. The molecule has 1 aromatic carbocycles. The van der Waals surface area contributed by atoms with Crippen LogP contribution in [0.15, 0.2) is 41.8 Å². The number of benzene rings is 1. The highest BCUT2D eigenvalue weighted by molar-refractivity contribution is 7.89. The van der Waals surface area contributed by atoms with Gasteiger partial charge in [0.2, 0.25) is 10.0 Å². The molecule has 4 heteroatoms. The van der Waals surface area contributed by atoms with Crippen molar-refractivity contribution in [2.75, 3.05) is 0 Å². The van der Waals surface area contributed by atoms with Crippen molar-refractivity contribution in [3.05, 3.63) is 42.5 Å². The highest BCUT2D eigenvalue weighted by Crippen LogP contribution is 2.35. The lowest BCUT2D eigenvalue weighted by atomic mass is 10.2. The molecule has 3 nitrogen and oxygen atoms in total. The van der Waals surface area contributed by atoms with Crippen molar-refractivity contribution in [2.45, 2.75) is 30.8 Å². The van der Waals surface area contributed by atoms with Gasteiger partial charge in [0.25, 0.3) is 0 Å². The van der Waals surface area contributed by atoms with Crippen LogP contribution in [0.2, 0.25) is 0 Å². The maximum atomic E-state index is 12.2. The second kappa shape index (κ2) is 3.71. The number of sulfonamides is 1. The Balaban J connectivity index is 2.34. The van der Waals surface area contributed by atoms with E-state index >= 15 is 0 Å². The van der Waals surface area contributed by atoms with E-state index in [1.165, 1.54) is 4.31 Å². The number of hydrogen-bond acceptors (Lipinski definition) is 2.